The average molecular weight is 362 g/mol. The summed E-state index contributed by atoms with van der Waals surface area (Å²) < 4.78 is 1.42. The number of aryl methyl sites for hydroxylation is 2. The van der Waals surface area contributed by atoms with E-state index in [1.165, 1.54) is 22.2 Å². The standard InChI is InChI=1S/C17H16ClN3O2S/c1-10-13-15(19-9-21(3)16(13)22)24-14(10)17(23)20(2)8-11-6-4-5-7-12(11)18/h4-7,9H,8H2,1-3H3. The van der Waals surface area contributed by atoms with Crippen LogP contribution in [0.15, 0.2) is 35.4 Å². The fourth-order valence-electron chi connectivity index (χ4n) is 2.54. The van der Waals surface area contributed by atoms with E-state index in [2.05, 4.69) is 4.98 Å². The lowest BCUT2D eigenvalue weighted by atomic mass is 10.2. The first-order valence-corrected chi connectivity index (χ1v) is 8.53. The summed E-state index contributed by atoms with van der Waals surface area (Å²) in [6.45, 7) is 2.19. The summed E-state index contributed by atoms with van der Waals surface area (Å²) in [5.41, 5.74) is 1.42. The van der Waals surface area contributed by atoms with Gasteiger partial charge >= 0.3 is 0 Å². The first-order chi connectivity index (χ1) is 11.4. The van der Waals surface area contributed by atoms with Crippen LogP contribution in [-0.4, -0.2) is 27.4 Å². The zero-order valence-corrected chi connectivity index (χ0v) is 15.1. The SMILES string of the molecule is Cc1c(C(=O)N(C)Cc2ccccc2Cl)sc2ncn(C)c(=O)c12. The Morgan fingerprint density at radius 2 is 2.08 bits per heavy atom. The van der Waals surface area contributed by atoms with Gasteiger partial charge in [0.15, 0.2) is 0 Å². The molecule has 0 radical (unpaired) electrons. The lowest BCUT2D eigenvalue weighted by Gasteiger charge is -2.17. The van der Waals surface area contributed by atoms with Crippen LogP contribution < -0.4 is 5.56 Å². The van der Waals surface area contributed by atoms with Gasteiger partial charge in [0, 0.05) is 25.7 Å². The Hall–Kier alpha value is -2.18. The maximum absolute atomic E-state index is 12.8. The third-order valence-electron chi connectivity index (χ3n) is 3.92. The summed E-state index contributed by atoms with van der Waals surface area (Å²) in [7, 11) is 3.37. The van der Waals surface area contributed by atoms with Crippen LogP contribution in [0.1, 0.15) is 20.8 Å². The number of carbonyl (C=O) groups is 1. The Balaban J connectivity index is 1.97. The van der Waals surface area contributed by atoms with Crippen molar-refractivity contribution in [2.75, 3.05) is 7.05 Å². The van der Waals surface area contributed by atoms with E-state index in [9.17, 15) is 9.59 Å². The second-order valence-corrected chi connectivity index (χ2v) is 7.06. The van der Waals surface area contributed by atoms with Gasteiger partial charge in [-0.25, -0.2) is 4.98 Å². The zero-order valence-electron chi connectivity index (χ0n) is 13.5. The van der Waals surface area contributed by atoms with Gasteiger partial charge in [-0.15, -0.1) is 11.3 Å². The van der Waals surface area contributed by atoms with Crippen LogP contribution in [0.4, 0.5) is 0 Å². The van der Waals surface area contributed by atoms with Crippen LogP contribution in [0.2, 0.25) is 5.02 Å². The number of fused-ring (bicyclic) bond motifs is 1. The highest BCUT2D eigenvalue weighted by Crippen LogP contribution is 2.28. The van der Waals surface area contributed by atoms with E-state index < -0.39 is 0 Å². The van der Waals surface area contributed by atoms with Gasteiger partial charge in [-0.05, 0) is 24.1 Å². The predicted molar refractivity (Wildman–Crippen MR) is 96.8 cm³/mol. The van der Waals surface area contributed by atoms with E-state index >= 15 is 0 Å². The number of thiophene rings is 1. The Kier molecular flexibility index (Phi) is 4.43. The Labute approximate surface area is 148 Å². The van der Waals surface area contributed by atoms with Crippen molar-refractivity contribution in [1.29, 1.82) is 0 Å². The molecule has 0 aliphatic rings. The Bertz CT molecular complexity index is 993. The molecule has 0 fully saturated rings. The molecule has 24 heavy (non-hydrogen) atoms. The number of amides is 1. The number of hydrogen-bond donors (Lipinski definition) is 0. The van der Waals surface area contributed by atoms with Crippen LogP contribution in [0.25, 0.3) is 10.2 Å². The van der Waals surface area contributed by atoms with Crippen molar-refractivity contribution in [3.63, 3.8) is 0 Å². The van der Waals surface area contributed by atoms with E-state index in [4.69, 9.17) is 11.6 Å². The number of rotatable bonds is 3. The minimum Gasteiger partial charge on any atom is -0.337 e. The van der Waals surface area contributed by atoms with Crippen molar-refractivity contribution in [3.05, 3.63) is 62.0 Å². The third-order valence-corrected chi connectivity index (χ3v) is 5.47. The smallest absolute Gasteiger partial charge is 0.264 e. The van der Waals surface area contributed by atoms with Gasteiger partial charge in [-0.1, -0.05) is 29.8 Å². The van der Waals surface area contributed by atoms with Gasteiger partial charge in [0.1, 0.15) is 4.83 Å². The largest absolute Gasteiger partial charge is 0.337 e. The van der Waals surface area contributed by atoms with Crippen molar-refractivity contribution < 1.29 is 4.79 Å². The van der Waals surface area contributed by atoms with Crippen LogP contribution in [-0.2, 0) is 13.6 Å². The maximum atomic E-state index is 12.8. The molecule has 0 saturated carbocycles. The van der Waals surface area contributed by atoms with Gasteiger partial charge in [-0.2, -0.15) is 0 Å². The van der Waals surface area contributed by atoms with Gasteiger partial charge < -0.3 is 9.47 Å². The van der Waals surface area contributed by atoms with Crippen molar-refractivity contribution >= 4 is 39.1 Å². The molecule has 0 saturated heterocycles. The van der Waals surface area contributed by atoms with Crippen molar-refractivity contribution in [2.45, 2.75) is 13.5 Å². The third kappa shape index (κ3) is 2.83. The molecule has 1 amide bonds. The number of carbonyl (C=O) groups excluding carboxylic acids is 1. The van der Waals surface area contributed by atoms with E-state index in [1.807, 2.05) is 18.2 Å². The summed E-state index contributed by atoms with van der Waals surface area (Å²) in [4.78, 5) is 32.1. The molecule has 0 aliphatic carbocycles. The molecule has 3 rings (SSSR count). The number of hydrogen-bond acceptors (Lipinski definition) is 4. The van der Waals surface area contributed by atoms with Crippen LogP contribution in [0.3, 0.4) is 0 Å². The molecule has 124 valence electrons. The number of halogens is 1. The number of benzene rings is 1. The monoisotopic (exact) mass is 361 g/mol. The fourth-order valence-corrected chi connectivity index (χ4v) is 3.87. The predicted octanol–water partition coefficient (Wildman–Crippen LogP) is 3.23. The Morgan fingerprint density at radius 1 is 1.38 bits per heavy atom. The van der Waals surface area contributed by atoms with Gasteiger partial charge in [-0.3, -0.25) is 9.59 Å². The summed E-state index contributed by atoms with van der Waals surface area (Å²) >= 11 is 7.41. The molecular weight excluding hydrogens is 346 g/mol. The minimum absolute atomic E-state index is 0.137. The van der Waals surface area contributed by atoms with Crippen LogP contribution >= 0.6 is 22.9 Å². The average Bonchev–Trinajstić information content (AvgIpc) is 2.90. The van der Waals surface area contributed by atoms with Crippen LogP contribution in [0.5, 0.6) is 0 Å². The molecule has 0 atom stereocenters. The fraction of sp³-hybridized carbons (Fsp3) is 0.235. The normalized spacial score (nSPS) is 11.0. The molecule has 1 aromatic carbocycles. The molecule has 7 heteroatoms. The first-order valence-electron chi connectivity index (χ1n) is 7.33. The number of nitrogens with zero attached hydrogens (tertiary/aromatic N) is 3. The van der Waals surface area contributed by atoms with Gasteiger partial charge in [0.2, 0.25) is 0 Å². The zero-order chi connectivity index (χ0) is 17.4. The lowest BCUT2D eigenvalue weighted by Crippen LogP contribution is -2.26. The Morgan fingerprint density at radius 3 is 2.79 bits per heavy atom. The van der Waals surface area contributed by atoms with E-state index in [1.54, 1.807) is 32.0 Å². The second kappa shape index (κ2) is 6.37. The van der Waals surface area contributed by atoms with E-state index in [0.717, 1.165) is 5.56 Å². The molecule has 0 N–H and O–H groups in total. The summed E-state index contributed by atoms with van der Waals surface area (Å²) in [6, 6.07) is 7.43. The minimum atomic E-state index is -0.141. The highest BCUT2D eigenvalue weighted by atomic mass is 35.5. The van der Waals surface area contributed by atoms with E-state index in [0.29, 0.717) is 32.2 Å². The molecule has 2 aromatic heterocycles. The molecule has 0 bridgehead atoms. The van der Waals surface area contributed by atoms with Crippen molar-refractivity contribution in [2.24, 2.45) is 7.05 Å². The van der Waals surface area contributed by atoms with Gasteiger partial charge in [0.05, 0.1) is 16.6 Å². The molecular formula is C17H16ClN3O2S. The molecule has 0 unspecified atom stereocenters. The molecule has 0 aliphatic heterocycles. The highest BCUT2D eigenvalue weighted by molar-refractivity contribution is 7.20. The highest BCUT2D eigenvalue weighted by Gasteiger charge is 2.22. The van der Waals surface area contributed by atoms with Crippen molar-refractivity contribution in [3.8, 4) is 0 Å². The summed E-state index contributed by atoms with van der Waals surface area (Å²) in [5.74, 6) is -0.141. The first kappa shape index (κ1) is 16.7. The molecule has 0 spiro atoms. The topological polar surface area (TPSA) is 55.2 Å². The molecule has 5 nitrogen and oxygen atoms in total. The molecule has 2 heterocycles. The van der Waals surface area contributed by atoms with E-state index in [-0.39, 0.29) is 11.5 Å². The summed E-state index contributed by atoms with van der Waals surface area (Å²) in [5, 5.41) is 1.14. The molecule has 3 aromatic rings. The quantitative estimate of drug-likeness (QED) is 0.719. The maximum Gasteiger partial charge on any atom is 0.264 e. The lowest BCUT2D eigenvalue weighted by molar-refractivity contribution is 0.0789. The van der Waals surface area contributed by atoms with Crippen LogP contribution in [0, 0.1) is 6.92 Å². The second-order valence-electron chi connectivity index (χ2n) is 5.65. The van der Waals surface area contributed by atoms with Crippen molar-refractivity contribution in [1.82, 2.24) is 14.5 Å². The summed E-state index contributed by atoms with van der Waals surface area (Å²) in [6.07, 6.45) is 1.47. The van der Waals surface area contributed by atoms with Gasteiger partial charge in [0.25, 0.3) is 11.5 Å². The number of aromatic nitrogens is 2.